The van der Waals surface area contributed by atoms with Crippen LogP contribution in [0, 0.1) is 12.7 Å². The van der Waals surface area contributed by atoms with Gasteiger partial charge in [0.15, 0.2) is 5.78 Å². The number of nitrogens with one attached hydrogen (secondary N) is 1. The third-order valence-electron chi connectivity index (χ3n) is 4.52. The number of aromatic nitrogens is 1. The molecule has 3 aromatic rings. The Morgan fingerprint density at radius 3 is 2.50 bits per heavy atom. The van der Waals surface area contributed by atoms with Crippen LogP contribution in [0.3, 0.4) is 0 Å². The molecular weight excluding hydrogens is 359 g/mol. The molecule has 0 saturated carbocycles. The summed E-state index contributed by atoms with van der Waals surface area (Å²) in [5.74, 6) is -0.805. The largest absolute Gasteiger partial charge is 0.465 e. The highest BCUT2D eigenvalue weighted by atomic mass is 19.1. The van der Waals surface area contributed by atoms with E-state index >= 15 is 0 Å². The number of esters is 1. The number of ether oxygens (including phenoxy) is 1. The van der Waals surface area contributed by atoms with Crippen molar-refractivity contribution in [2.45, 2.75) is 20.4 Å². The van der Waals surface area contributed by atoms with Crippen molar-refractivity contribution in [1.29, 1.82) is 0 Å². The number of aryl methyl sites for hydroxylation is 1. The Morgan fingerprint density at radius 1 is 1.07 bits per heavy atom. The van der Waals surface area contributed by atoms with Crippen LogP contribution in [0.25, 0.3) is 10.9 Å². The number of rotatable bonds is 8. The quantitative estimate of drug-likeness (QED) is 0.475. The molecular formula is C22H23FN2O3. The molecule has 0 aliphatic heterocycles. The van der Waals surface area contributed by atoms with Gasteiger partial charge < -0.3 is 9.72 Å². The van der Waals surface area contributed by atoms with Crippen LogP contribution >= 0.6 is 0 Å². The van der Waals surface area contributed by atoms with Gasteiger partial charge in [-0.3, -0.25) is 14.5 Å². The average Bonchev–Trinajstić information content (AvgIpc) is 2.99. The number of benzene rings is 2. The molecule has 5 nitrogen and oxygen atoms in total. The van der Waals surface area contributed by atoms with E-state index in [9.17, 15) is 14.0 Å². The zero-order valence-corrected chi connectivity index (χ0v) is 16.0. The highest BCUT2D eigenvalue weighted by molar-refractivity contribution is 6.10. The minimum Gasteiger partial charge on any atom is -0.465 e. The second-order valence-electron chi connectivity index (χ2n) is 6.67. The van der Waals surface area contributed by atoms with Crippen molar-refractivity contribution in [2.24, 2.45) is 0 Å². The Balaban J connectivity index is 1.82. The van der Waals surface area contributed by atoms with E-state index in [-0.39, 0.29) is 31.3 Å². The Bertz CT molecular complexity index is 979. The number of fused-ring (bicyclic) bond motifs is 1. The molecule has 1 N–H and O–H groups in total. The van der Waals surface area contributed by atoms with E-state index in [2.05, 4.69) is 4.98 Å². The third-order valence-corrected chi connectivity index (χ3v) is 4.52. The number of halogens is 1. The number of hydrogen-bond donors (Lipinski definition) is 1. The second kappa shape index (κ2) is 8.80. The van der Waals surface area contributed by atoms with E-state index in [0.717, 1.165) is 22.2 Å². The second-order valence-corrected chi connectivity index (χ2v) is 6.67. The lowest BCUT2D eigenvalue weighted by Gasteiger charge is -2.21. The molecule has 0 saturated heterocycles. The zero-order chi connectivity index (χ0) is 20.1. The molecule has 1 heterocycles. The zero-order valence-electron chi connectivity index (χ0n) is 16.0. The van der Waals surface area contributed by atoms with Crippen LogP contribution in [-0.2, 0) is 16.1 Å². The van der Waals surface area contributed by atoms with Crippen molar-refractivity contribution >= 4 is 22.7 Å². The van der Waals surface area contributed by atoms with Gasteiger partial charge in [-0.1, -0.05) is 30.3 Å². The predicted molar refractivity (Wildman–Crippen MR) is 106 cm³/mol. The maximum Gasteiger partial charge on any atom is 0.320 e. The Hall–Kier alpha value is -2.99. The van der Waals surface area contributed by atoms with Crippen LogP contribution in [0.15, 0.2) is 48.5 Å². The summed E-state index contributed by atoms with van der Waals surface area (Å²) < 4.78 is 18.2. The molecule has 0 amide bonds. The summed E-state index contributed by atoms with van der Waals surface area (Å²) in [5.41, 5.74) is 3.14. The summed E-state index contributed by atoms with van der Waals surface area (Å²) >= 11 is 0. The number of carbonyl (C=O) groups excluding carboxylic acids is 2. The van der Waals surface area contributed by atoms with Crippen LogP contribution < -0.4 is 0 Å². The van der Waals surface area contributed by atoms with E-state index in [1.54, 1.807) is 24.0 Å². The summed E-state index contributed by atoms with van der Waals surface area (Å²) in [6.07, 6.45) is 0. The first kappa shape index (κ1) is 19.8. The molecule has 28 heavy (non-hydrogen) atoms. The molecule has 3 rings (SSSR count). The van der Waals surface area contributed by atoms with Crippen molar-refractivity contribution in [3.8, 4) is 0 Å². The van der Waals surface area contributed by atoms with Gasteiger partial charge in [0.1, 0.15) is 5.82 Å². The molecule has 0 aliphatic carbocycles. The summed E-state index contributed by atoms with van der Waals surface area (Å²) in [6.45, 7) is 4.26. The van der Waals surface area contributed by atoms with E-state index < -0.39 is 5.97 Å². The number of ketones is 1. The lowest BCUT2D eigenvalue weighted by molar-refractivity contribution is -0.144. The molecule has 0 bridgehead atoms. The van der Waals surface area contributed by atoms with Gasteiger partial charge >= 0.3 is 5.97 Å². The molecule has 6 heteroatoms. The molecule has 0 radical (unpaired) electrons. The fraction of sp³-hybridized carbons (Fsp3) is 0.273. The van der Waals surface area contributed by atoms with Gasteiger partial charge in [0.25, 0.3) is 0 Å². The van der Waals surface area contributed by atoms with E-state index in [1.807, 2.05) is 31.2 Å². The minimum absolute atomic E-state index is 0.0155. The smallest absolute Gasteiger partial charge is 0.320 e. The molecule has 0 fully saturated rings. The van der Waals surface area contributed by atoms with Crippen LogP contribution in [0.1, 0.15) is 28.5 Å². The molecule has 0 unspecified atom stereocenters. The van der Waals surface area contributed by atoms with Crippen molar-refractivity contribution in [1.82, 2.24) is 9.88 Å². The molecule has 2 aromatic carbocycles. The fourth-order valence-electron chi connectivity index (χ4n) is 3.32. The minimum atomic E-state index is -0.395. The van der Waals surface area contributed by atoms with Crippen molar-refractivity contribution in [2.75, 3.05) is 19.7 Å². The van der Waals surface area contributed by atoms with E-state index in [0.29, 0.717) is 12.1 Å². The number of nitrogens with zero attached hydrogens (tertiary/aromatic N) is 1. The highest BCUT2D eigenvalue weighted by Crippen LogP contribution is 2.23. The Morgan fingerprint density at radius 2 is 1.79 bits per heavy atom. The molecule has 1 aromatic heterocycles. The van der Waals surface area contributed by atoms with Crippen LogP contribution in [0.5, 0.6) is 0 Å². The SMILES string of the molecule is CCOC(=O)CN(CC(=O)c1c(C)[nH]c2ccccc12)Cc1ccc(F)cc1. The molecule has 0 aliphatic rings. The maximum atomic E-state index is 13.2. The fourth-order valence-corrected chi connectivity index (χ4v) is 3.32. The Kier molecular flexibility index (Phi) is 6.21. The van der Waals surface area contributed by atoms with Gasteiger partial charge in [-0.05, 0) is 37.6 Å². The van der Waals surface area contributed by atoms with Gasteiger partial charge in [-0.2, -0.15) is 0 Å². The van der Waals surface area contributed by atoms with E-state index in [4.69, 9.17) is 4.74 Å². The first-order valence-corrected chi connectivity index (χ1v) is 9.21. The third kappa shape index (κ3) is 4.64. The maximum absolute atomic E-state index is 13.2. The predicted octanol–water partition coefficient (Wildman–Crippen LogP) is 3.86. The van der Waals surface area contributed by atoms with Crippen molar-refractivity contribution in [3.05, 3.63) is 71.2 Å². The summed E-state index contributed by atoms with van der Waals surface area (Å²) in [6, 6.07) is 13.7. The monoisotopic (exact) mass is 382 g/mol. The van der Waals surface area contributed by atoms with Gasteiger partial charge in [-0.15, -0.1) is 0 Å². The average molecular weight is 382 g/mol. The number of aromatic amines is 1. The van der Waals surface area contributed by atoms with Crippen molar-refractivity contribution < 1.29 is 18.7 Å². The molecule has 0 atom stereocenters. The molecule has 0 spiro atoms. The molecule has 146 valence electrons. The topological polar surface area (TPSA) is 62.4 Å². The lowest BCUT2D eigenvalue weighted by atomic mass is 10.1. The van der Waals surface area contributed by atoms with Crippen LogP contribution in [0.4, 0.5) is 4.39 Å². The van der Waals surface area contributed by atoms with Gasteiger partial charge in [0.05, 0.1) is 19.7 Å². The summed E-state index contributed by atoms with van der Waals surface area (Å²) in [4.78, 5) is 30.0. The number of Topliss-reactive ketones (excluding diaryl/α,β-unsaturated/α-hetero) is 1. The van der Waals surface area contributed by atoms with E-state index in [1.165, 1.54) is 12.1 Å². The first-order valence-electron chi connectivity index (χ1n) is 9.21. The number of H-pyrrole nitrogens is 1. The number of hydrogen-bond acceptors (Lipinski definition) is 4. The van der Waals surface area contributed by atoms with Crippen LogP contribution in [0.2, 0.25) is 0 Å². The highest BCUT2D eigenvalue weighted by Gasteiger charge is 2.21. The summed E-state index contributed by atoms with van der Waals surface area (Å²) in [7, 11) is 0. The number of carbonyl (C=O) groups is 2. The lowest BCUT2D eigenvalue weighted by Crippen LogP contribution is -2.35. The number of para-hydroxylation sites is 1. The first-order chi connectivity index (χ1) is 13.5. The van der Waals surface area contributed by atoms with Crippen LogP contribution in [-0.4, -0.2) is 41.3 Å². The van der Waals surface area contributed by atoms with Gasteiger partial charge in [0.2, 0.25) is 0 Å². The van der Waals surface area contributed by atoms with Gasteiger partial charge in [0, 0.05) is 28.7 Å². The Labute approximate surface area is 163 Å². The summed E-state index contributed by atoms with van der Waals surface area (Å²) in [5, 5.41) is 0.864. The normalized spacial score (nSPS) is 11.1. The van der Waals surface area contributed by atoms with Crippen molar-refractivity contribution in [3.63, 3.8) is 0 Å². The standard InChI is InChI=1S/C22H23FN2O3/c1-3-28-21(27)14-25(12-16-8-10-17(23)11-9-16)13-20(26)22-15(2)24-19-7-5-4-6-18(19)22/h4-11,24H,3,12-14H2,1-2H3. The van der Waals surface area contributed by atoms with Gasteiger partial charge in [-0.25, -0.2) is 4.39 Å².